The molecule has 0 saturated heterocycles. The van der Waals surface area contributed by atoms with Gasteiger partial charge in [-0.25, -0.2) is 0 Å². The van der Waals surface area contributed by atoms with Crippen LogP contribution in [0, 0.1) is 5.92 Å². The molecule has 0 amide bonds. The second kappa shape index (κ2) is 3.95. The quantitative estimate of drug-likeness (QED) is 0.647. The maximum absolute atomic E-state index is 2.28. The van der Waals surface area contributed by atoms with E-state index in [2.05, 4.69) is 37.3 Å². The van der Waals surface area contributed by atoms with Crippen molar-refractivity contribution >= 4 is 0 Å². The van der Waals surface area contributed by atoms with Crippen LogP contribution in [0.2, 0.25) is 0 Å². The highest BCUT2D eigenvalue weighted by Crippen LogP contribution is 2.50. The number of benzene rings is 1. The van der Waals surface area contributed by atoms with Crippen molar-refractivity contribution in [3.63, 3.8) is 0 Å². The summed E-state index contributed by atoms with van der Waals surface area (Å²) in [6, 6.07) is 11.0. The summed E-state index contributed by atoms with van der Waals surface area (Å²) in [6.07, 6.45) is 5.63. The third-order valence-electron chi connectivity index (χ3n) is 3.08. The van der Waals surface area contributed by atoms with E-state index in [0.717, 1.165) is 11.8 Å². The van der Waals surface area contributed by atoms with Gasteiger partial charge in [0.2, 0.25) is 0 Å². The lowest BCUT2D eigenvalue weighted by Crippen LogP contribution is -1.83. The minimum Gasteiger partial charge on any atom is -0.0654 e. The lowest BCUT2D eigenvalue weighted by atomic mass is 10.1. The fourth-order valence-electron chi connectivity index (χ4n) is 2.14. The zero-order chi connectivity index (χ0) is 9.10. The van der Waals surface area contributed by atoms with Gasteiger partial charge in [0.1, 0.15) is 0 Å². The average Bonchev–Trinajstić information content (AvgIpc) is 2.95. The van der Waals surface area contributed by atoms with Gasteiger partial charge in [-0.3, -0.25) is 0 Å². The van der Waals surface area contributed by atoms with Gasteiger partial charge >= 0.3 is 0 Å². The summed E-state index contributed by atoms with van der Waals surface area (Å²) in [7, 11) is 0. The van der Waals surface area contributed by atoms with E-state index in [1.165, 1.54) is 25.7 Å². The first-order valence-corrected chi connectivity index (χ1v) is 5.46. The first kappa shape index (κ1) is 8.80. The van der Waals surface area contributed by atoms with E-state index in [1.54, 1.807) is 5.56 Å². The van der Waals surface area contributed by atoms with E-state index in [9.17, 15) is 0 Å². The van der Waals surface area contributed by atoms with E-state index < -0.39 is 0 Å². The molecule has 0 heterocycles. The Balaban J connectivity index is 1.86. The molecule has 13 heavy (non-hydrogen) atoms. The second-order valence-electron chi connectivity index (χ2n) is 4.16. The molecular formula is C13H18. The molecule has 0 aliphatic heterocycles. The maximum Gasteiger partial charge on any atom is -0.0131 e. The SMILES string of the molecule is CCCC[C@H]1CC1c1ccccc1. The van der Waals surface area contributed by atoms with Crippen LogP contribution >= 0.6 is 0 Å². The molecule has 1 aromatic carbocycles. The Morgan fingerprint density at radius 2 is 2.00 bits per heavy atom. The van der Waals surface area contributed by atoms with E-state index in [1.807, 2.05) is 0 Å². The predicted molar refractivity (Wildman–Crippen MR) is 56.8 cm³/mol. The Bertz CT molecular complexity index is 250. The van der Waals surface area contributed by atoms with Crippen LogP contribution in [0.4, 0.5) is 0 Å². The standard InChI is InChI=1S/C13H18/c1-2-3-7-12-10-13(12)11-8-5-4-6-9-11/h4-6,8-9,12-13H,2-3,7,10H2,1H3/t12-,13?/m0/s1. The molecule has 2 rings (SSSR count). The third-order valence-corrected chi connectivity index (χ3v) is 3.08. The van der Waals surface area contributed by atoms with Gasteiger partial charge in [-0.2, -0.15) is 0 Å². The topological polar surface area (TPSA) is 0 Å². The van der Waals surface area contributed by atoms with E-state index in [0.29, 0.717) is 0 Å². The summed E-state index contributed by atoms with van der Waals surface area (Å²) >= 11 is 0. The first-order valence-electron chi connectivity index (χ1n) is 5.46. The summed E-state index contributed by atoms with van der Waals surface area (Å²) in [4.78, 5) is 0. The van der Waals surface area contributed by atoms with Crippen LogP contribution < -0.4 is 0 Å². The Hall–Kier alpha value is -0.780. The van der Waals surface area contributed by atoms with Crippen LogP contribution in [0.5, 0.6) is 0 Å². The van der Waals surface area contributed by atoms with Gasteiger partial charge in [-0.15, -0.1) is 0 Å². The molecule has 0 bridgehead atoms. The van der Waals surface area contributed by atoms with Gasteiger partial charge in [0.15, 0.2) is 0 Å². The number of hydrogen-bond acceptors (Lipinski definition) is 0. The minimum absolute atomic E-state index is 0.896. The molecule has 0 aromatic heterocycles. The van der Waals surface area contributed by atoms with Crippen molar-refractivity contribution in [2.75, 3.05) is 0 Å². The average molecular weight is 174 g/mol. The Morgan fingerprint density at radius 3 is 2.69 bits per heavy atom. The number of hydrogen-bond donors (Lipinski definition) is 0. The highest BCUT2D eigenvalue weighted by molar-refractivity contribution is 5.25. The van der Waals surface area contributed by atoms with Crippen molar-refractivity contribution in [2.24, 2.45) is 5.92 Å². The van der Waals surface area contributed by atoms with E-state index in [4.69, 9.17) is 0 Å². The number of unbranched alkanes of at least 4 members (excludes halogenated alkanes) is 1. The first-order chi connectivity index (χ1) is 6.42. The third kappa shape index (κ3) is 2.12. The van der Waals surface area contributed by atoms with Crippen molar-refractivity contribution < 1.29 is 0 Å². The zero-order valence-electron chi connectivity index (χ0n) is 8.37. The van der Waals surface area contributed by atoms with Gasteiger partial charge in [-0.1, -0.05) is 50.1 Å². The van der Waals surface area contributed by atoms with E-state index >= 15 is 0 Å². The van der Waals surface area contributed by atoms with Crippen molar-refractivity contribution in [3.05, 3.63) is 35.9 Å². The molecule has 2 atom stereocenters. The van der Waals surface area contributed by atoms with Gasteiger partial charge in [-0.05, 0) is 30.2 Å². The smallest absolute Gasteiger partial charge is 0.0131 e. The molecule has 0 nitrogen and oxygen atoms in total. The molecule has 1 aliphatic rings. The molecule has 1 unspecified atom stereocenters. The Kier molecular flexibility index (Phi) is 2.68. The lowest BCUT2D eigenvalue weighted by Gasteiger charge is -1.98. The summed E-state index contributed by atoms with van der Waals surface area (Å²) in [5, 5.41) is 0. The molecule has 1 aromatic rings. The lowest BCUT2D eigenvalue weighted by molar-refractivity contribution is 0.640. The summed E-state index contributed by atoms with van der Waals surface area (Å²) in [5.41, 5.74) is 1.56. The summed E-state index contributed by atoms with van der Waals surface area (Å²) in [6.45, 7) is 2.28. The molecule has 1 aliphatic carbocycles. The van der Waals surface area contributed by atoms with Gasteiger partial charge in [0.25, 0.3) is 0 Å². The predicted octanol–water partition coefficient (Wildman–Crippen LogP) is 3.98. The molecule has 0 spiro atoms. The highest BCUT2D eigenvalue weighted by atomic mass is 14.4. The maximum atomic E-state index is 2.28. The van der Waals surface area contributed by atoms with Crippen LogP contribution in [-0.4, -0.2) is 0 Å². The largest absolute Gasteiger partial charge is 0.0654 e. The van der Waals surface area contributed by atoms with Gasteiger partial charge in [0.05, 0.1) is 0 Å². The van der Waals surface area contributed by atoms with Crippen LogP contribution in [0.3, 0.4) is 0 Å². The van der Waals surface area contributed by atoms with Crippen molar-refractivity contribution in [1.82, 2.24) is 0 Å². The van der Waals surface area contributed by atoms with Gasteiger partial charge in [0, 0.05) is 0 Å². The molecule has 70 valence electrons. The van der Waals surface area contributed by atoms with Crippen LogP contribution in [-0.2, 0) is 0 Å². The van der Waals surface area contributed by atoms with E-state index in [-0.39, 0.29) is 0 Å². The second-order valence-corrected chi connectivity index (χ2v) is 4.16. The van der Waals surface area contributed by atoms with Crippen LogP contribution in [0.25, 0.3) is 0 Å². The van der Waals surface area contributed by atoms with Crippen molar-refractivity contribution in [1.29, 1.82) is 0 Å². The molecule has 1 fully saturated rings. The molecular weight excluding hydrogens is 156 g/mol. The molecule has 0 heteroatoms. The Labute approximate surface area is 81.0 Å². The van der Waals surface area contributed by atoms with Crippen molar-refractivity contribution in [2.45, 2.75) is 38.5 Å². The van der Waals surface area contributed by atoms with Crippen LogP contribution in [0.15, 0.2) is 30.3 Å². The van der Waals surface area contributed by atoms with Crippen LogP contribution in [0.1, 0.15) is 44.1 Å². The zero-order valence-corrected chi connectivity index (χ0v) is 8.37. The van der Waals surface area contributed by atoms with Gasteiger partial charge < -0.3 is 0 Å². The molecule has 0 radical (unpaired) electrons. The monoisotopic (exact) mass is 174 g/mol. The number of rotatable bonds is 4. The summed E-state index contributed by atoms with van der Waals surface area (Å²) < 4.78 is 0. The highest BCUT2D eigenvalue weighted by Gasteiger charge is 2.36. The fourth-order valence-corrected chi connectivity index (χ4v) is 2.14. The molecule has 1 saturated carbocycles. The normalized spacial score (nSPS) is 25.9. The Morgan fingerprint density at radius 1 is 1.23 bits per heavy atom. The fraction of sp³-hybridized carbons (Fsp3) is 0.538. The van der Waals surface area contributed by atoms with Crippen molar-refractivity contribution in [3.8, 4) is 0 Å². The molecule has 0 N–H and O–H groups in total. The summed E-state index contributed by atoms with van der Waals surface area (Å²) in [5.74, 6) is 1.90. The minimum atomic E-state index is 0.896.